The first kappa shape index (κ1) is 25.0. The van der Waals surface area contributed by atoms with Crippen LogP contribution in [-0.4, -0.2) is 26.6 Å². The van der Waals surface area contributed by atoms with E-state index in [1.165, 1.54) is 18.2 Å². The number of nitrogens with one attached hydrogen (secondary N) is 1. The van der Waals surface area contributed by atoms with E-state index in [9.17, 15) is 13.2 Å². The van der Waals surface area contributed by atoms with E-state index in [2.05, 4.69) is 26.5 Å². The molecule has 0 aromatic heterocycles. The maximum atomic E-state index is 13.5. The van der Waals surface area contributed by atoms with Crippen LogP contribution in [0.1, 0.15) is 23.6 Å². The van der Waals surface area contributed by atoms with E-state index in [1.54, 1.807) is 38.1 Å². The Balaban J connectivity index is 1.93. The molecule has 0 aliphatic rings. The zero-order chi connectivity index (χ0) is 24.2. The summed E-state index contributed by atoms with van der Waals surface area (Å²) >= 11 is 9.55. The van der Waals surface area contributed by atoms with Crippen LogP contribution in [0.3, 0.4) is 0 Å². The third-order valence-corrected chi connectivity index (χ3v) is 7.43. The molecule has 0 bridgehead atoms. The van der Waals surface area contributed by atoms with Crippen LogP contribution in [0.25, 0.3) is 0 Å². The Labute approximate surface area is 207 Å². The number of hydrazone groups is 1. The normalized spacial score (nSPS) is 11.8. The second-order valence-corrected chi connectivity index (χ2v) is 10.7. The number of halogens is 2. The second kappa shape index (κ2) is 10.5. The first-order valence-corrected chi connectivity index (χ1v) is 12.6. The van der Waals surface area contributed by atoms with E-state index >= 15 is 0 Å². The monoisotopic (exact) mass is 547 g/mol. The van der Waals surface area contributed by atoms with Crippen molar-refractivity contribution in [2.45, 2.75) is 25.7 Å². The highest BCUT2D eigenvalue weighted by Crippen LogP contribution is 2.29. The number of aryl methyl sites for hydroxylation is 2. The molecule has 0 saturated carbocycles. The third-order valence-electron chi connectivity index (χ3n) is 4.93. The van der Waals surface area contributed by atoms with Gasteiger partial charge in [-0.15, -0.1) is 0 Å². The van der Waals surface area contributed by atoms with Gasteiger partial charge in [0.2, 0.25) is 0 Å². The third kappa shape index (κ3) is 6.22. The summed E-state index contributed by atoms with van der Waals surface area (Å²) in [4.78, 5) is 12.9. The van der Waals surface area contributed by atoms with Gasteiger partial charge in [0, 0.05) is 9.50 Å². The summed E-state index contributed by atoms with van der Waals surface area (Å²) in [5, 5.41) is 4.50. The van der Waals surface area contributed by atoms with Crippen molar-refractivity contribution in [2.75, 3.05) is 10.8 Å². The van der Waals surface area contributed by atoms with Crippen LogP contribution in [0.4, 0.5) is 5.69 Å². The Kier molecular flexibility index (Phi) is 7.94. The lowest BCUT2D eigenvalue weighted by Crippen LogP contribution is -2.40. The molecule has 0 aliphatic carbocycles. The van der Waals surface area contributed by atoms with Gasteiger partial charge < -0.3 is 0 Å². The van der Waals surface area contributed by atoms with Crippen molar-refractivity contribution in [1.29, 1.82) is 0 Å². The minimum atomic E-state index is -4.04. The number of carbonyl (C=O) groups excluding carboxylic acids is 1. The summed E-state index contributed by atoms with van der Waals surface area (Å²) in [6, 6.07) is 18.8. The van der Waals surface area contributed by atoms with E-state index in [1.807, 2.05) is 31.2 Å². The number of amides is 1. The van der Waals surface area contributed by atoms with Gasteiger partial charge in [-0.1, -0.05) is 63.4 Å². The van der Waals surface area contributed by atoms with E-state index < -0.39 is 22.5 Å². The molecule has 0 radical (unpaired) electrons. The largest absolute Gasteiger partial charge is 0.271 e. The molecule has 0 heterocycles. The Morgan fingerprint density at radius 1 is 1.06 bits per heavy atom. The van der Waals surface area contributed by atoms with Crippen LogP contribution in [0, 0.1) is 13.8 Å². The van der Waals surface area contributed by atoms with Gasteiger partial charge in [0.05, 0.1) is 16.3 Å². The summed E-state index contributed by atoms with van der Waals surface area (Å²) < 4.78 is 28.9. The van der Waals surface area contributed by atoms with Gasteiger partial charge in [-0.05, 0) is 68.3 Å². The van der Waals surface area contributed by atoms with Crippen molar-refractivity contribution in [3.8, 4) is 0 Å². The zero-order valence-electron chi connectivity index (χ0n) is 18.3. The number of sulfonamides is 1. The molecule has 1 N–H and O–H groups in total. The fourth-order valence-corrected chi connectivity index (χ4v) is 5.12. The topological polar surface area (TPSA) is 78.8 Å². The van der Waals surface area contributed by atoms with Crippen LogP contribution in [-0.2, 0) is 14.8 Å². The number of carbonyl (C=O) groups is 1. The van der Waals surface area contributed by atoms with Crippen LogP contribution < -0.4 is 9.73 Å². The van der Waals surface area contributed by atoms with E-state index in [0.717, 1.165) is 19.9 Å². The van der Waals surface area contributed by atoms with E-state index in [0.29, 0.717) is 22.0 Å². The first-order valence-electron chi connectivity index (χ1n) is 10.0. The molecular formula is C24H23BrClN3O3S. The summed E-state index contributed by atoms with van der Waals surface area (Å²) in [6.45, 7) is 4.92. The molecule has 0 spiro atoms. The maximum Gasteiger partial charge on any atom is 0.264 e. The van der Waals surface area contributed by atoms with Crippen LogP contribution in [0.5, 0.6) is 0 Å². The van der Waals surface area contributed by atoms with Gasteiger partial charge in [-0.2, -0.15) is 5.10 Å². The lowest BCUT2D eigenvalue weighted by Gasteiger charge is -2.25. The molecule has 6 nitrogen and oxygen atoms in total. The molecule has 3 rings (SSSR count). The minimum Gasteiger partial charge on any atom is -0.271 e. The summed E-state index contributed by atoms with van der Waals surface area (Å²) in [5.74, 6) is -0.584. The fourth-order valence-electron chi connectivity index (χ4n) is 3.08. The standard InChI is InChI=1S/C24H23BrClN3O3S/c1-16-7-11-22(12-8-16)33(31,32)29(23-14-21(26)10-9-17(23)2)15-24(30)28-27-18(3)19-5-4-6-20(25)13-19/h4-14H,15H2,1-3H3,(H,28,30)/b27-18-. The van der Waals surface area contributed by atoms with Crippen molar-refractivity contribution in [3.05, 3.63) is 92.9 Å². The summed E-state index contributed by atoms with van der Waals surface area (Å²) in [5.41, 5.74) is 5.78. The molecule has 33 heavy (non-hydrogen) atoms. The smallest absolute Gasteiger partial charge is 0.264 e. The number of hydrogen-bond acceptors (Lipinski definition) is 4. The molecule has 3 aromatic rings. The van der Waals surface area contributed by atoms with Crippen LogP contribution >= 0.6 is 27.5 Å². The van der Waals surface area contributed by atoms with Gasteiger partial charge >= 0.3 is 0 Å². The Morgan fingerprint density at radius 3 is 2.42 bits per heavy atom. The minimum absolute atomic E-state index is 0.0779. The molecule has 172 valence electrons. The zero-order valence-corrected chi connectivity index (χ0v) is 21.5. The fraction of sp³-hybridized carbons (Fsp3) is 0.167. The van der Waals surface area contributed by atoms with Gasteiger partial charge in [0.1, 0.15) is 6.54 Å². The summed E-state index contributed by atoms with van der Waals surface area (Å²) in [6.07, 6.45) is 0. The molecular weight excluding hydrogens is 526 g/mol. The van der Waals surface area contributed by atoms with Gasteiger partial charge in [0.25, 0.3) is 15.9 Å². The lowest BCUT2D eigenvalue weighted by molar-refractivity contribution is -0.119. The molecule has 0 aliphatic heterocycles. The maximum absolute atomic E-state index is 13.5. The van der Waals surface area contributed by atoms with Crippen LogP contribution in [0.2, 0.25) is 5.02 Å². The highest BCUT2D eigenvalue weighted by atomic mass is 79.9. The van der Waals surface area contributed by atoms with Gasteiger partial charge in [0.15, 0.2) is 0 Å². The van der Waals surface area contributed by atoms with Crippen molar-refractivity contribution in [1.82, 2.24) is 5.43 Å². The first-order chi connectivity index (χ1) is 15.6. The molecule has 9 heteroatoms. The molecule has 0 saturated heterocycles. The highest BCUT2D eigenvalue weighted by molar-refractivity contribution is 9.10. The Hall–Kier alpha value is -2.68. The lowest BCUT2D eigenvalue weighted by atomic mass is 10.1. The van der Waals surface area contributed by atoms with E-state index in [4.69, 9.17) is 11.6 Å². The molecule has 0 atom stereocenters. The van der Waals surface area contributed by atoms with Crippen LogP contribution in [0.15, 0.2) is 81.2 Å². The highest BCUT2D eigenvalue weighted by Gasteiger charge is 2.28. The molecule has 3 aromatic carbocycles. The van der Waals surface area contributed by atoms with Crippen molar-refractivity contribution in [3.63, 3.8) is 0 Å². The quantitative estimate of drug-likeness (QED) is 0.315. The van der Waals surface area contributed by atoms with Crippen molar-refractivity contribution < 1.29 is 13.2 Å². The molecule has 0 fully saturated rings. The Bertz CT molecular complexity index is 1310. The number of anilines is 1. The van der Waals surface area contributed by atoms with Gasteiger partial charge in [-0.25, -0.2) is 13.8 Å². The molecule has 0 unspecified atom stereocenters. The molecule has 1 amide bonds. The average molecular weight is 549 g/mol. The Morgan fingerprint density at radius 2 is 1.76 bits per heavy atom. The number of rotatable bonds is 7. The average Bonchev–Trinajstić information content (AvgIpc) is 2.77. The second-order valence-electron chi connectivity index (χ2n) is 7.50. The van der Waals surface area contributed by atoms with Crippen molar-refractivity contribution >= 4 is 54.9 Å². The van der Waals surface area contributed by atoms with Crippen molar-refractivity contribution in [2.24, 2.45) is 5.10 Å². The summed E-state index contributed by atoms with van der Waals surface area (Å²) in [7, 11) is -4.04. The number of hydrogen-bond donors (Lipinski definition) is 1. The predicted molar refractivity (Wildman–Crippen MR) is 136 cm³/mol. The SMILES string of the molecule is C/C(=N/NC(=O)CN(c1cc(Cl)ccc1C)S(=O)(=O)c1ccc(C)cc1)c1cccc(Br)c1. The predicted octanol–water partition coefficient (Wildman–Crippen LogP) is 5.46. The van der Waals surface area contributed by atoms with E-state index in [-0.39, 0.29) is 4.90 Å². The number of benzene rings is 3. The number of nitrogens with zero attached hydrogens (tertiary/aromatic N) is 2. The van der Waals surface area contributed by atoms with Gasteiger partial charge in [-0.3, -0.25) is 9.10 Å².